The van der Waals surface area contributed by atoms with Crippen LogP contribution in [0.25, 0.3) is 0 Å². The van der Waals surface area contributed by atoms with E-state index in [-0.39, 0.29) is 27.0 Å². The third kappa shape index (κ3) is 33.8. The average molecular weight is 222 g/mol. The summed E-state index contributed by atoms with van der Waals surface area (Å²) in [5.41, 5.74) is 4.65. The van der Waals surface area contributed by atoms with Gasteiger partial charge in [-0.25, -0.2) is 0 Å². The van der Waals surface area contributed by atoms with Crippen molar-refractivity contribution in [2.24, 2.45) is 5.73 Å². The quantitative estimate of drug-likeness (QED) is 0.650. The number of nitrogens with two attached hydrogens (primary N) is 1. The van der Waals surface area contributed by atoms with E-state index in [1.165, 1.54) is 0 Å². The van der Waals surface area contributed by atoms with Crippen LogP contribution in [0.1, 0.15) is 13.3 Å². The van der Waals surface area contributed by atoms with Gasteiger partial charge in [0.15, 0.2) is 0 Å². The first-order chi connectivity index (χ1) is 3.68. The van der Waals surface area contributed by atoms with Crippen molar-refractivity contribution < 1.29 is 4.79 Å². The number of hydrogen-bond acceptors (Lipinski definition) is 1. The summed E-state index contributed by atoms with van der Waals surface area (Å²) >= 11 is 0.230. The molecule has 0 atom stereocenters. The van der Waals surface area contributed by atoms with Crippen LogP contribution in [0.2, 0.25) is 9.88 Å². The Balaban J connectivity index is 0. The summed E-state index contributed by atoms with van der Waals surface area (Å²) in [6.07, 6.45) is 0.444. The van der Waals surface area contributed by atoms with Gasteiger partial charge < -0.3 is 5.73 Å². The molecule has 0 aromatic rings. The molecule has 0 aliphatic carbocycles. The van der Waals surface area contributed by atoms with Crippen LogP contribution in [0, 0.1) is 0 Å². The maximum atomic E-state index is 9.59. The van der Waals surface area contributed by atoms with Crippen LogP contribution in [0.4, 0.5) is 0 Å². The zero-order valence-electron chi connectivity index (χ0n) is 5.69. The van der Waals surface area contributed by atoms with E-state index in [0.29, 0.717) is 6.42 Å². The van der Waals surface area contributed by atoms with E-state index in [1.54, 1.807) is 6.92 Å². The monoisotopic (exact) mass is 223 g/mol. The van der Waals surface area contributed by atoms with E-state index in [2.05, 4.69) is 15.6 Å². The molecule has 1 amide bonds. The van der Waals surface area contributed by atoms with Gasteiger partial charge in [0.25, 0.3) is 0 Å². The fourth-order valence-corrected chi connectivity index (χ4v) is 0. The van der Waals surface area contributed by atoms with E-state index >= 15 is 0 Å². The van der Waals surface area contributed by atoms with Gasteiger partial charge in [-0.3, -0.25) is 4.79 Å². The van der Waals surface area contributed by atoms with E-state index < -0.39 is 0 Å². The average Bonchev–Trinajstić information content (AvgIpc) is 1.69. The van der Waals surface area contributed by atoms with Gasteiger partial charge in [0, 0.05) is 6.42 Å². The molecule has 0 heterocycles. The van der Waals surface area contributed by atoms with Crippen LogP contribution in [-0.4, -0.2) is 27.0 Å². The van der Waals surface area contributed by atoms with E-state index in [1.807, 2.05) is 0 Å². The summed E-state index contributed by atoms with van der Waals surface area (Å²) in [6.45, 7) is 1.72. The topological polar surface area (TPSA) is 43.1 Å². The van der Waals surface area contributed by atoms with Crippen LogP contribution >= 0.6 is 0 Å². The molecule has 2 radical (unpaired) electrons. The normalized spacial score (nSPS) is 6.88. The van der Waals surface area contributed by atoms with Crippen LogP contribution in [0.15, 0.2) is 0 Å². The second-order valence-corrected chi connectivity index (χ2v) is 4.17. The molecule has 0 unspecified atom stereocenters. The Bertz CT molecular complexity index is 56.4. The molecule has 0 aromatic carbocycles. The van der Waals surface area contributed by atoms with Crippen LogP contribution in [0.3, 0.4) is 0 Å². The summed E-state index contributed by atoms with van der Waals surface area (Å²) in [5.74, 6) is -0.245. The van der Waals surface area contributed by atoms with Crippen molar-refractivity contribution in [3.05, 3.63) is 0 Å². The van der Waals surface area contributed by atoms with Crippen molar-refractivity contribution in [3.8, 4) is 0 Å². The Morgan fingerprint density at radius 1 is 1.62 bits per heavy atom. The van der Waals surface area contributed by atoms with Crippen LogP contribution in [-0.2, 0) is 4.79 Å². The summed E-state index contributed by atoms with van der Waals surface area (Å²) in [6, 6.07) is 0. The predicted octanol–water partition coefficient (Wildman–Crippen LogP) is 0.668. The zero-order valence-corrected chi connectivity index (χ0v) is 8.55. The number of primary amides is 1. The van der Waals surface area contributed by atoms with Crippen molar-refractivity contribution in [2.75, 3.05) is 0 Å². The number of amides is 1. The molecule has 0 saturated heterocycles. The number of carbonyl (C=O) groups excluding carboxylic acids is 1. The molecule has 0 spiro atoms. The molecule has 0 aliphatic heterocycles. The van der Waals surface area contributed by atoms with Gasteiger partial charge in [0.1, 0.15) is 0 Å². The van der Waals surface area contributed by atoms with Gasteiger partial charge in [-0.2, -0.15) is 0 Å². The Morgan fingerprint density at radius 3 is 1.75 bits per heavy atom. The van der Waals surface area contributed by atoms with Gasteiger partial charge in [-0.1, -0.05) is 6.92 Å². The third-order valence-corrected chi connectivity index (χ3v) is 0.348. The Morgan fingerprint density at radius 2 is 1.75 bits per heavy atom. The fraction of sp³-hybridized carbons (Fsp3) is 0.800. The van der Waals surface area contributed by atoms with Crippen molar-refractivity contribution in [1.29, 1.82) is 0 Å². The Hall–Kier alpha value is 0.269. The molecular formula is C5H13NOSn. The van der Waals surface area contributed by atoms with E-state index in [4.69, 9.17) is 0 Å². The number of hydrogen-bond donors (Lipinski definition) is 1. The molecule has 0 rings (SSSR count). The predicted molar refractivity (Wildman–Crippen MR) is 37.0 cm³/mol. The Kier molecular flexibility index (Phi) is 14.3. The minimum atomic E-state index is -0.245. The maximum absolute atomic E-state index is 9.59. The number of carbonyl (C=O) groups is 1. The summed E-state index contributed by atoms with van der Waals surface area (Å²) < 4.78 is 0. The summed E-state index contributed by atoms with van der Waals surface area (Å²) in [7, 11) is 0. The molecule has 0 fully saturated rings. The van der Waals surface area contributed by atoms with Crippen molar-refractivity contribution >= 4 is 27.0 Å². The van der Waals surface area contributed by atoms with Gasteiger partial charge in [0.2, 0.25) is 5.91 Å². The molecule has 0 aromatic heterocycles. The van der Waals surface area contributed by atoms with Crippen LogP contribution < -0.4 is 5.73 Å². The van der Waals surface area contributed by atoms with Gasteiger partial charge in [-0.15, -0.1) is 0 Å². The van der Waals surface area contributed by atoms with Crippen molar-refractivity contribution in [2.45, 2.75) is 23.2 Å². The Labute approximate surface area is 61.1 Å². The SMILES string of the molecule is CCC(N)=O.[CH3][Sn][CH3]. The molecule has 8 heavy (non-hydrogen) atoms. The molecule has 2 N–H and O–H groups in total. The molecular weight excluding hydrogens is 209 g/mol. The second kappa shape index (κ2) is 10.3. The first-order valence-electron chi connectivity index (χ1n) is 2.55. The zero-order chi connectivity index (χ0) is 6.99. The second-order valence-electron chi connectivity index (χ2n) is 1.32. The molecule has 2 nitrogen and oxygen atoms in total. The summed E-state index contributed by atoms with van der Waals surface area (Å²) in [4.78, 5) is 14.2. The van der Waals surface area contributed by atoms with Gasteiger partial charge >= 0.3 is 31.0 Å². The third-order valence-electron chi connectivity index (χ3n) is 0.348. The fourth-order valence-electron chi connectivity index (χ4n) is 0. The van der Waals surface area contributed by atoms with Crippen molar-refractivity contribution in [3.63, 3.8) is 0 Å². The van der Waals surface area contributed by atoms with Gasteiger partial charge in [-0.05, 0) is 0 Å². The molecule has 0 aliphatic rings. The van der Waals surface area contributed by atoms with Crippen molar-refractivity contribution in [1.82, 2.24) is 0 Å². The molecule has 3 heteroatoms. The summed E-state index contributed by atoms with van der Waals surface area (Å²) in [5, 5.41) is 0. The molecule has 0 bridgehead atoms. The molecule has 0 saturated carbocycles. The standard InChI is InChI=1S/C3H7NO.2CH3.Sn/c1-2-3(4)5;;;/h2H2,1H3,(H2,4,5);2*1H3;. The van der Waals surface area contributed by atoms with E-state index in [9.17, 15) is 4.79 Å². The minimum absolute atomic E-state index is 0.230. The van der Waals surface area contributed by atoms with Gasteiger partial charge in [0.05, 0.1) is 0 Å². The van der Waals surface area contributed by atoms with Crippen LogP contribution in [0.5, 0.6) is 0 Å². The molecule has 48 valence electrons. The first-order valence-corrected chi connectivity index (χ1v) is 8.26. The first kappa shape index (κ1) is 11.1. The van der Waals surface area contributed by atoms with E-state index in [0.717, 1.165) is 0 Å². The number of rotatable bonds is 1.